The Morgan fingerprint density at radius 2 is 1.82 bits per heavy atom. The minimum atomic E-state index is -3.02. The number of ether oxygens (including phenoxy) is 1. The van der Waals surface area contributed by atoms with Crippen molar-refractivity contribution in [3.8, 4) is 0 Å². The average Bonchev–Trinajstić information content (AvgIpc) is 3.10. The maximum atomic E-state index is 14.8. The number of anilines is 1. The van der Waals surface area contributed by atoms with Crippen LogP contribution in [0.5, 0.6) is 0 Å². The summed E-state index contributed by atoms with van der Waals surface area (Å²) >= 11 is 0. The molecule has 9 nitrogen and oxygen atoms in total. The van der Waals surface area contributed by atoms with Crippen molar-refractivity contribution in [2.24, 2.45) is 0 Å². The van der Waals surface area contributed by atoms with Gasteiger partial charge in [-0.25, -0.2) is 13.6 Å². The van der Waals surface area contributed by atoms with Gasteiger partial charge in [0, 0.05) is 74.9 Å². The first-order chi connectivity index (χ1) is 18.2. The largest absolute Gasteiger partial charge is 0.465 e. The number of aromatic nitrogens is 1. The van der Waals surface area contributed by atoms with Crippen molar-refractivity contribution in [1.82, 2.24) is 19.7 Å². The quantitative estimate of drug-likeness (QED) is 0.552. The number of alkyl halides is 2. The van der Waals surface area contributed by atoms with Gasteiger partial charge in [-0.3, -0.25) is 19.6 Å². The second kappa shape index (κ2) is 11.2. The van der Waals surface area contributed by atoms with E-state index in [0.29, 0.717) is 44.0 Å². The second-order valence-electron chi connectivity index (χ2n) is 12.3. The lowest BCUT2D eigenvalue weighted by Crippen LogP contribution is -2.63. The predicted octanol–water partition coefficient (Wildman–Crippen LogP) is 3.76. The van der Waals surface area contributed by atoms with E-state index in [1.807, 2.05) is 34.6 Å². The number of halogens is 2. The van der Waals surface area contributed by atoms with Crippen molar-refractivity contribution in [2.45, 2.75) is 90.0 Å². The summed E-state index contributed by atoms with van der Waals surface area (Å²) < 4.78 is 35.4. The summed E-state index contributed by atoms with van der Waals surface area (Å²) in [4.78, 5) is 37.5. The van der Waals surface area contributed by atoms with Crippen LogP contribution in [0.4, 0.5) is 19.3 Å². The molecule has 2 fully saturated rings. The van der Waals surface area contributed by atoms with E-state index in [2.05, 4.69) is 14.8 Å². The molecule has 0 spiro atoms. The monoisotopic (exact) mass is 551 g/mol. The smallest absolute Gasteiger partial charge is 0.407 e. The van der Waals surface area contributed by atoms with Crippen molar-refractivity contribution in [3.05, 3.63) is 23.5 Å². The fraction of sp³-hybridized carbons (Fsp3) is 0.750. The summed E-state index contributed by atoms with van der Waals surface area (Å²) in [5.74, 6) is -3.21. The summed E-state index contributed by atoms with van der Waals surface area (Å²) in [6.45, 7) is 14.8. The molecule has 3 aliphatic rings. The van der Waals surface area contributed by atoms with Crippen LogP contribution in [0.2, 0.25) is 0 Å². The van der Waals surface area contributed by atoms with Gasteiger partial charge >= 0.3 is 6.09 Å². The van der Waals surface area contributed by atoms with Crippen LogP contribution in [0.15, 0.2) is 12.3 Å². The maximum Gasteiger partial charge on any atom is 0.407 e. The van der Waals surface area contributed by atoms with E-state index in [1.165, 1.54) is 17.2 Å². The van der Waals surface area contributed by atoms with Gasteiger partial charge in [0.2, 0.25) is 5.91 Å². The van der Waals surface area contributed by atoms with Gasteiger partial charge in [0.1, 0.15) is 0 Å². The number of carboxylic acid groups (broad SMARTS) is 1. The lowest BCUT2D eigenvalue weighted by atomic mass is 9.91. The van der Waals surface area contributed by atoms with E-state index in [9.17, 15) is 23.5 Å². The Kier molecular flexibility index (Phi) is 8.54. The third-order valence-electron chi connectivity index (χ3n) is 8.14. The van der Waals surface area contributed by atoms with Gasteiger partial charge in [0.25, 0.3) is 5.92 Å². The van der Waals surface area contributed by atoms with Crippen LogP contribution in [-0.4, -0.2) is 107 Å². The van der Waals surface area contributed by atoms with E-state index in [1.54, 1.807) is 11.8 Å². The molecule has 39 heavy (non-hydrogen) atoms. The van der Waals surface area contributed by atoms with E-state index in [-0.39, 0.29) is 48.7 Å². The number of pyridine rings is 1. The molecule has 0 aliphatic carbocycles. The lowest BCUT2D eigenvalue weighted by Gasteiger charge is -2.47. The number of hydrogen-bond acceptors (Lipinski definition) is 6. The molecule has 1 aromatic heterocycles. The van der Waals surface area contributed by atoms with Crippen LogP contribution in [0, 0.1) is 0 Å². The summed E-state index contributed by atoms with van der Waals surface area (Å²) in [5, 5.41) is 9.78. The summed E-state index contributed by atoms with van der Waals surface area (Å²) in [6, 6.07) is 0.966. The Hall–Kier alpha value is -2.37. The molecule has 1 N–H and O–H groups in total. The Morgan fingerprint density at radius 1 is 1.15 bits per heavy atom. The first-order valence-corrected chi connectivity index (χ1v) is 14.0. The number of carbonyl (C=O) groups excluding carboxylic acids is 1. The first-order valence-electron chi connectivity index (χ1n) is 14.0. The highest BCUT2D eigenvalue weighted by Gasteiger charge is 2.43. The highest BCUT2D eigenvalue weighted by molar-refractivity contribution is 5.97. The van der Waals surface area contributed by atoms with Gasteiger partial charge in [0.05, 0.1) is 30.1 Å². The van der Waals surface area contributed by atoms with Crippen molar-refractivity contribution in [1.29, 1.82) is 0 Å². The molecule has 0 radical (unpaired) electrons. The van der Waals surface area contributed by atoms with E-state index in [4.69, 9.17) is 4.74 Å². The topological polar surface area (TPSA) is 89.5 Å². The fourth-order valence-electron chi connectivity index (χ4n) is 6.35. The molecule has 11 heteroatoms. The van der Waals surface area contributed by atoms with Crippen molar-refractivity contribution in [3.63, 3.8) is 0 Å². The van der Waals surface area contributed by atoms with Crippen molar-refractivity contribution >= 4 is 17.7 Å². The number of carbonyl (C=O) groups is 2. The summed E-state index contributed by atoms with van der Waals surface area (Å²) in [5.41, 5.74) is 0.445. The molecule has 4 atom stereocenters. The number of nitrogens with zero attached hydrogens (tertiary/aromatic N) is 5. The van der Waals surface area contributed by atoms with Crippen LogP contribution in [0.3, 0.4) is 0 Å². The number of hydrogen-bond donors (Lipinski definition) is 1. The van der Waals surface area contributed by atoms with Crippen LogP contribution in [0.25, 0.3) is 0 Å². The molecule has 1 aromatic rings. The van der Waals surface area contributed by atoms with Gasteiger partial charge in [0.15, 0.2) is 0 Å². The van der Waals surface area contributed by atoms with Gasteiger partial charge in [-0.1, -0.05) is 27.2 Å². The first kappa shape index (κ1) is 29.6. The summed E-state index contributed by atoms with van der Waals surface area (Å²) in [7, 11) is 0. The van der Waals surface area contributed by atoms with Crippen LogP contribution >= 0.6 is 0 Å². The van der Waals surface area contributed by atoms with E-state index >= 15 is 0 Å². The van der Waals surface area contributed by atoms with Crippen molar-refractivity contribution < 1.29 is 28.2 Å². The number of amides is 2. The highest BCUT2D eigenvalue weighted by Crippen LogP contribution is 2.42. The molecule has 3 aliphatic heterocycles. The van der Waals surface area contributed by atoms with Gasteiger partial charge in [-0.2, -0.15) is 0 Å². The number of rotatable bonds is 7. The normalized spacial score (nSPS) is 28.0. The van der Waals surface area contributed by atoms with Gasteiger partial charge in [-0.05, 0) is 26.8 Å². The third kappa shape index (κ3) is 6.36. The van der Waals surface area contributed by atoms with Crippen molar-refractivity contribution in [2.75, 3.05) is 50.7 Å². The number of piperazine rings is 1. The zero-order chi connectivity index (χ0) is 28.7. The number of morpholine rings is 1. The lowest BCUT2D eigenvalue weighted by molar-refractivity contribution is -0.122. The zero-order valence-electron chi connectivity index (χ0n) is 24.0. The van der Waals surface area contributed by atoms with E-state index in [0.717, 1.165) is 13.1 Å². The molecule has 0 saturated carbocycles. The molecule has 4 heterocycles. The van der Waals surface area contributed by atoms with Crippen LogP contribution in [0.1, 0.15) is 65.6 Å². The molecule has 2 amide bonds. The molecule has 0 bridgehead atoms. The molecule has 0 unspecified atom stereocenters. The van der Waals surface area contributed by atoms with Gasteiger partial charge in [-0.15, -0.1) is 0 Å². The van der Waals surface area contributed by atoms with Gasteiger partial charge < -0.3 is 19.6 Å². The average molecular weight is 552 g/mol. The molecular weight excluding hydrogens is 508 g/mol. The standard InChI is InChI=1S/C28H43F2N5O4/c1-7-8-28(29,30)21-9-23-25(31-10-21)27(5,6)17-35(23)24(36)16-33-11-18(2)34(26(37)38)15-22(33)14-32-12-19(3)39-20(4)13-32/h9-10,18-20,22H,7-8,11-17H2,1-6H3,(H,37,38)/t18-,19-,20+,22+/m1/s1. The van der Waals surface area contributed by atoms with Crippen LogP contribution < -0.4 is 4.90 Å². The fourth-order valence-corrected chi connectivity index (χ4v) is 6.35. The SMILES string of the molecule is CCCC(F)(F)c1cnc2c(c1)N(C(=O)CN1C[C@@H](C)N(C(=O)O)C[C@@H]1CN1C[C@@H](C)O[C@@H](C)C1)CC2(C)C. The Bertz CT molecular complexity index is 1060. The minimum absolute atomic E-state index is 0.0674. The molecule has 4 rings (SSSR count). The predicted molar refractivity (Wildman–Crippen MR) is 144 cm³/mol. The molecular formula is C28H43F2N5O4. The Labute approximate surface area is 230 Å². The van der Waals surface area contributed by atoms with Crippen LogP contribution in [-0.2, 0) is 20.9 Å². The molecule has 218 valence electrons. The van der Waals surface area contributed by atoms with E-state index < -0.39 is 17.4 Å². The Balaban J connectivity index is 1.57. The summed E-state index contributed by atoms with van der Waals surface area (Å²) in [6.07, 6.45) is 0.467. The minimum Gasteiger partial charge on any atom is -0.465 e. The second-order valence-corrected chi connectivity index (χ2v) is 12.3. The Morgan fingerprint density at radius 3 is 2.44 bits per heavy atom. The highest BCUT2D eigenvalue weighted by atomic mass is 19.3. The molecule has 2 saturated heterocycles. The molecule has 0 aromatic carbocycles. The number of fused-ring (bicyclic) bond motifs is 1. The zero-order valence-corrected chi connectivity index (χ0v) is 24.0. The maximum absolute atomic E-state index is 14.8. The third-order valence-corrected chi connectivity index (χ3v) is 8.14.